The molecule has 1 heterocycles. The van der Waals surface area contributed by atoms with E-state index in [0.717, 1.165) is 11.3 Å². The molecule has 2 aromatic rings. The van der Waals surface area contributed by atoms with E-state index < -0.39 is 5.60 Å². The highest BCUT2D eigenvalue weighted by Crippen LogP contribution is 2.32. The molecular weight excluding hydrogens is 292 g/mol. The number of carbonyl (C=O) groups is 1. The Kier molecular flexibility index (Phi) is 4.04. The van der Waals surface area contributed by atoms with E-state index in [-0.39, 0.29) is 12.6 Å². The second-order valence-electron chi connectivity index (χ2n) is 5.60. The minimum Gasteiger partial charge on any atom is -0.480 e. The minimum absolute atomic E-state index is 0.0948. The summed E-state index contributed by atoms with van der Waals surface area (Å²) in [5.74, 6) is 0.679. The molecule has 0 aromatic heterocycles. The maximum atomic E-state index is 12.0. The molecule has 5 nitrogen and oxygen atoms in total. The molecule has 2 aromatic carbocycles. The fraction of sp³-hybridized carbons (Fsp3) is 0.167. The van der Waals surface area contributed by atoms with Gasteiger partial charge in [-0.3, -0.25) is 0 Å². The Hall–Kier alpha value is -2.79. The number of urea groups is 1. The summed E-state index contributed by atoms with van der Waals surface area (Å²) >= 11 is 0. The van der Waals surface area contributed by atoms with Crippen molar-refractivity contribution in [2.24, 2.45) is 0 Å². The highest BCUT2D eigenvalue weighted by molar-refractivity contribution is 6.00. The number of aliphatic hydroxyl groups is 1. The minimum atomic E-state index is -0.702. The summed E-state index contributed by atoms with van der Waals surface area (Å²) in [5, 5.41) is 14.9. The predicted octanol–water partition coefficient (Wildman–Crippen LogP) is 3.49. The van der Waals surface area contributed by atoms with Crippen LogP contribution in [0.15, 0.2) is 54.6 Å². The Balaban J connectivity index is 1.70. The van der Waals surface area contributed by atoms with Crippen molar-refractivity contribution in [1.29, 1.82) is 0 Å². The average molecular weight is 310 g/mol. The maximum Gasteiger partial charge on any atom is 0.323 e. The summed E-state index contributed by atoms with van der Waals surface area (Å²) in [5.41, 5.74) is 1.54. The molecular formula is C18H18N2O3. The average Bonchev–Trinajstić information content (AvgIpc) is 2.56. The van der Waals surface area contributed by atoms with Gasteiger partial charge in [0.2, 0.25) is 0 Å². The lowest BCUT2D eigenvalue weighted by Gasteiger charge is -2.29. The summed E-state index contributed by atoms with van der Waals surface area (Å²) in [6, 6.07) is 14.3. The van der Waals surface area contributed by atoms with Crippen LogP contribution in [0.5, 0.6) is 5.75 Å². The summed E-state index contributed by atoms with van der Waals surface area (Å²) in [4.78, 5) is 12.0. The fourth-order valence-electron chi connectivity index (χ4n) is 2.30. The van der Waals surface area contributed by atoms with Crippen molar-refractivity contribution in [2.45, 2.75) is 12.5 Å². The van der Waals surface area contributed by atoms with Crippen LogP contribution in [0.2, 0.25) is 0 Å². The first-order valence-electron chi connectivity index (χ1n) is 7.34. The third-order valence-corrected chi connectivity index (χ3v) is 3.57. The Labute approximate surface area is 134 Å². The molecule has 0 saturated heterocycles. The van der Waals surface area contributed by atoms with Gasteiger partial charge in [-0.25, -0.2) is 4.79 Å². The van der Waals surface area contributed by atoms with E-state index in [1.165, 1.54) is 0 Å². The number of hydrogen-bond donors (Lipinski definition) is 3. The standard InChI is InChI=1S/C18H18N2O3/c1-18(12-21)10-9-13-11-15(7-8-16(13)23-18)20-17(22)19-14-5-3-2-4-6-14/h2-11,21H,12H2,1H3,(H2,19,20,22). The van der Waals surface area contributed by atoms with Crippen LogP contribution in [-0.2, 0) is 0 Å². The number of fused-ring (bicyclic) bond motifs is 1. The molecule has 2 amide bonds. The van der Waals surface area contributed by atoms with Crippen molar-refractivity contribution in [3.05, 3.63) is 60.2 Å². The first kappa shape index (κ1) is 15.1. The lowest BCUT2D eigenvalue weighted by atomic mass is 10.0. The van der Waals surface area contributed by atoms with Gasteiger partial charge in [0, 0.05) is 16.9 Å². The zero-order valence-corrected chi connectivity index (χ0v) is 12.7. The van der Waals surface area contributed by atoms with Crippen LogP contribution in [0.3, 0.4) is 0 Å². The van der Waals surface area contributed by atoms with Gasteiger partial charge in [-0.2, -0.15) is 0 Å². The first-order chi connectivity index (χ1) is 11.1. The number of amides is 2. The highest BCUT2D eigenvalue weighted by atomic mass is 16.5. The van der Waals surface area contributed by atoms with Crippen molar-refractivity contribution in [3.8, 4) is 5.75 Å². The van der Waals surface area contributed by atoms with Gasteiger partial charge in [0.1, 0.15) is 11.4 Å². The van der Waals surface area contributed by atoms with Crippen molar-refractivity contribution in [2.75, 3.05) is 17.2 Å². The van der Waals surface area contributed by atoms with Crippen LogP contribution in [-0.4, -0.2) is 23.3 Å². The van der Waals surface area contributed by atoms with Gasteiger partial charge in [0.15, 0.2) is 0 Å². The van der Waals surface area contributed by atoms with E-state index in [1.54, 1.807) is 12.1 Å². The van der Waals surface area contributed by atoms with Gasteiger partial charge < -0.3 is 20.5 Å². The van der Waals surface area contributed by atoms with Gasteiger partial charge in [-0.1, -0.05) is 24.3 Å². The lowest BCUT2D eigenvalue weighted by molar-refractivity contribution is 0.0641. The molecule has 5 heteroatoms. The van der Waals surface area contributed by atoms with Crippen LogP contribution in [0, 0.1) is 0 Å². The largest absolute Gasteiger partial charge is 0.480 e. The van der Waals surface area contributed by atoms with Crippen molar-refractivity contribution in [3.63, 3.8) is 0 Å². The first-order valence-corrected chi connectivity index (χ1v) is 7.34. The van der Waals surface area contributed by atoms with Gasteiger partial charge in [0.05, 0.1) is 6.61 Å². The Morgan fingerprint density at radius 3 is 2.61 bits per heavy atom. The summed E-state index contributed by atoms with van der Waals surface area (Å²) in [6.45, 7) is 1.72. The van der Waals surface area contributed by atoms with E-state index >= 15 is 0 Å². The number of ether oxygens (including phenoxy) is 1. The molecule has 3 N–H and O–H groups in total. The van der Waals surface area contributed by atoms with Crippen LogP contribution < -0.4 is 15.4 Å². The number of carbonyl (C=O) groups excluding carboxylic acids is 1. The van der Waals surface area contributed by atoms with Gasteiger partial charge in [0.25, 0.3) is 0 Å². The summed E-state index contributed by atoms with van der Waals surface area (Å²) < 4.78 is 5.76. The van der Waals surface area contributed by atoms with Gasteiger partial charge in [-0.15, -0.1) is 0 Å². The van der Waals surface area contributed by atoms with E-state index in [9.17, 15) is 9.90 Å². The lowest BCUT2D eigenvalue weighted by Crippen LogP contribution is -2.35. The summed E-state index contributed by atoms with van der Waals surface area (Å²) in [7, 11) is 0. The van der Waals surface area contributed by atoms with E-state index in [4.69, 9.17) is 4.74 Å². The number of anilines is 2. The number of benzene rings is 2. The molecule has 0 fully saturated rings. The number of para-hydroxylation sites is 1. The Morgan fingerprint density at radius 1 is 1.13 bits per heavy atom. The molecule has 23 heavy (non-hydrogen) atoms. The normalized spacial score (nSPS) is 18.7. The van der Waals surface area contributed by atoms with Crippen molar-refractivity contribution in [1.82, 2.24) is 0 Å². The zero-order chi connectivity index (χ0) is 16.3. The molecule has 1 aliphatic rings. The molecule has 0 spiro atoms. The highest BCUT2D eigenvalue weighted by Gasteiger charge is 2.26. The molecule has 3 rings (SSSR count). The Bertz CT molecular complexity index is 743. The molecule has 1 aliphatic heterocycles. The SMILES string of the molecule is CC1(CO)C=Cc2cc(NC(=O)Nc3ccccc3)ccc2O1. The van der Waals surface area contributed by atoms with E-state index in [1.807, 2.05) is 55.5 Å². The second-order valence-corrected chi connectivity index (χ2v) is 5.60. The van der Waals surface area contributed by atoms with Crippen molar-refractivity contribution < 1.29 is 14.6 Å². The topological polar surface area (TPSA) is 70.6 Å². The molecule has 0 aliphatic carbocycles. The monoisotopic (exact) mass is 310 g/mol. The molecule has 1 atom stereocenters. The molecule has 0 radical (unpaired) electrons. The smallest absolute Gasteiger partial charge is 0.323 e. The quantitative estimate of drug-likeness (QED) is 0.812. The third-order valence-electron chi connectivity index (χ3n) is 3.57. The number of aliphatic hydroxyl groups excluding tert-OH is 1. The zero-order valence-electron chi connectivity index (χ0n) is 12.7. The van der Waals surface area contributed by atoms with E-state index in [2.05, 4.69) is 10.6 Å². The predicted molar refractivity (Wildman–Crippen MR) is 90.7 cm³/mol. The van der Waals surface area contributed by atoms with E-state index in [0.29, 0.717) is 11.4 Å². The van der Waals surface area contributed by atoms with Gasteiger partial charge >= 0.3 is 6.03 Å². The number of rotatable bonds is 3. The molecule has 118 valence electrons. The third kappa shape index (κ3) is 3.52. The van der Waals surface area contributed by atoms with Crippen molar-refractivity contribution >= 4 is 23.5 Å². The number of hydrogen-bond acceptors (Lipinski definition) is 3. The number of nitrogens with one attached hydrogen (secondary N) is 2. The molecule has 0 bridgehead atoms. The van der Waals surface area contributed by atoms with Crippen LogP contribution in [0.25, 0.3) is 6.08 Å². The van der Waals surface area contributed by atoms with Crippen LogP contribution in [0.4, 0.5) is 16.2 Å². The van der Waals surface area contributed by atoms with Gasteiger partial charge in [-0.05, 0) is 43.3 Å². The maximum absolute atomic E-state index is 12.0. The van der Waals surface area contributed by atoms with Crippen LogP contribution >= 0.6 is 0 Å². The fourth-order valence-corrected chi connectivity index (χ4v) is 2.30. The van der Waals surface area contributed by atoms with Crippen LogP contribution in [0.1, 0.15) is 12.5 Å². The second kappa shape index (κ2) is 6.14. The molecule has 1 unspecified atom stereocenters. The Morgan fingerprint density at radius 2 is 1.87 bits per heavy atom. The molecule has 0 saturated carbocycles. The summed E-state index contributed by atoms with van der Waals surface area (Å²) in [6.07, 6.45) is 3.69.